The zero-order chi connectivity index (χ0) is 12.5. The number of ether oxygens (including phenoxy) is 2. The zero-order valence-corrected chi connectivity index (χ0v) is 9.77. The average Bonchev–Trinajstić information content (AvgIpc) is 2.97. The first-order valence-electron chi connectivity index (χ1n) is 5.91. The van der Waals surface area contributed by atoms with Crippen LogP contribution in [0.5, 0.6) is 0 Å². The normalized spacial score (nSPS) is 18.6. The van der Waals surface area contributed by atoms with E-state index in [-0.39, 0.29) is 23.7 Å². The molecule has 5 heteroatoms. The van der Waals surface area contributed by atoms with E-state index in [1.54, 1.807) is 18.2 Å². The molecule has 96 valence electrons. The van der Waals surface area contributed by atoms with Crippen molar-refractivity contribution in [1.82, 2.24) is 0 Å². The molecule has 1 aliphatic heterocycles. The largest absolute Gasteiger partial charge is 0.456 e. The summed E-state index contributed by atoms with van der Waals surface area (Å²) >= 11 is 0. The van der Waals surface area contributed by atoms with Gasteiger partial charge in [0.1, 0.15) is 5.76 Å². The number of para-hydroxylation sites is 1. The first kappa shape index (κ1) is 11.6. The second-order valence-electron chi connectivity index (χ2n) is 4.32. The van der Waals surface area contributed by atoms with Gasteiger partial charge in [-0.05, 0) is 12.1 Å². The van der Waals surface area contributed by atoms with Crippen molar-refractivity contribution in [3.8, 4) is 0 Å². The van der Waals surface area contributed by atoms with Gasteiger partial charge in [0.15, 0.2) is 17.7 Å². The highest BCUT2D eigenvalue weighted by molar-refractivity contribution is 5.78. The van der Waals surface area contributed by atoms with Gasteiger partial charge in [-0.3, -0.25) is 0 Å². The summed E-state index contributed by atoms with van der Waals surface area (Å²) in [6.07, 6.45) is 0.208. The molecule has 18 heavy (non-hydrogen) atoms. The number of hydrogen-bond acceptors (Lipinski definition) is 4. The Morgan fingerprint density at radius 1 is 1.33 bits per heavy atom. The molecule has 0 aliphatic carbocycles. The molecule has 1 aliphatic rings. The summed E-state index contributed by atoms with van der Waals surface area (Å²) in [5.74, 6) is 0.175. The van der Waals surface area contributed by atoms with E-state index in [0.29, 0.717) is 30.8 Å². The number of hydrogen-bond donors (Lipinski definition) is 1. The van der Waals surface area contributed by atoms with Gasteiger partial charge in [0.05, 0.1) is 19.3 Å². The summed E-state index contributed by atoms with van der Waals surface area (Å²) in [6, 6.07) is 6.20. The van der Waals surface area contributed by atoms with Crippen LogP contribution in [-0.2, 0) is 9.47 Å². The van der Waals surface area contributed by atoms with Crippen molar-refractivity contribution in [2.75, 3.05) is 13.2 Å². The zero-order valence-electron chi connectivity index (χ0n) is 9.77. The van der Waals surface area contributed by atoms with Crippen LogP contribution in [0.25, 0.3) is 11.0 Å². The molecule has 3 rings (SSSR count). The molecule has 0 bridgehead atoms. The first-order valence-corrected chi connectivity index (χ1v) is 5.91. The smallest absolute Gasteiger partial charge is 0.169 e. The van der Waals surface area contributed by atoms with E-state index in [1.807, 2.05) is 0 Å². The molecule has 0 radical (unpaired) electrons. The van der Waals surface area contributed by atoms with Crippen molar-refractivity contribution >= 4 is 11.0 Å². The van der Waals surface area contributed by atoms with E-state index in [0.717, 1.165) is 0 Å². The van der Waals surface area contributed by atoms with Crippen molar-refractivity contribution in [2.45, 2.75) is 18.8 Å². The molecule has 4 nitrogen and oxygen atoms in total. The maximum absolute atomic E-state index is 13.5. The molecule has 2 heterocycles. The average molecular weight is 251 g/mol. The molecule has 2 N–H and O–H groups in total. The Kier molecular flexibility index (Phi) is 3.03. The van der Waals surface area contributed by atoms with Crippen LogP contribution in [-0.4, -0.2) is 19.5 Å². The Morgan fingerprint density at radius 2 is 2.11 bits per heavy atom. The Labute approximate surface area is 103 Å². The van der Waals surface area contributed by atoms with Crippen LogP contribution in [0.1, 0.15) is 18.2 Å². The van der Waals surface area contributed by atoms with Gasteiger partial charge in [-0.25, -0.2) is 4.39 Å². The van der Waals surface area contributed by atoms with Crippen molar-refractivity contribution in [3.05, 3.63) is 35.8 Å². The topological polar surface area (TPSA) is 57.6 Å². The van der Waals surface area contributed by atoms with Gasteiger partial charge in [-0.15, -0.1) is 0 Å². The van der Waals surface area contributed by atoms with Crippen LogP contribution in [0.15, 0.2) is 28.7 Å². The lowest BCUT2D eigenvalue weighted by Gasteiger charge is -2.13. The van der Waals surface area contributed by atoms with Crippen molar-refractivity contribution in [3.63, 3.8) is 0 Å². The predicted molar refractivity (Wildman–Crippen MR) is 63.4 cm³/mol. The Morgan fingerprint density at radius 3 is 2.83 bits per heavy atom. The van der Waals surface area contributed by atoms with Crippen molar-refractivity contribution < 1.29 is 18.3 Å². The molecule has 0 spiro atoms. The second kappa shape index (κ2) is 4.68. The summed E-state index contributed by atoms with van der Waals surface area (Å²) in [7, 11) is 0. The van der Waals surface area contributed by atoms with Crippen LogP contribution in [0.2, 0.25) is 0 Å². The van der Waals surface area contributed by atoms with E-state index in [9.17, 15) is 4.39 Å². The molecule has 1 atom stereocenters. The fourth-order valence-electron chi connectivity index (χ4n) is 2.10. The highest BCUT2D eigenvalue weighted by Crippen LogP contribution is 2.28. The van der Waals surface area contributed by atoms with E-state index in [1.165, 1.54) is 6.07 Å². The lowest BCUT2D eigenvalue weighted by Crippen LogP contribution is -2.18. The predicted octanol–water partition coefficient (Wildman–Crippen LogP) is 2.33. The van der Waals surface area contributed by atoms with Gasteiger partial charge in [0.25, 0.3) is 0 Å². The van der Waals surface area contributed by atoms with Gasteiger partial charge in [-0.1, -0.05) is 12.1 Å². The highest BCUT2D eigenvalue weighted by atomic mass is 19.1. The third kappa shape index (κ3) is 2.12. The minimum atomic E-state index is -0.376. The monoisotopic (exact) mass is 251 g/mol. The van der Waals surface area contributed by atoms with Crippen molar-refractivity contribution in [1.29, 1.82) is 0 Å². The number of benzene rings is 1. The minimum Gasteiger partial charge on any atom is -0.456 e. The van der Waals surface area contributed by atoms with Gasteiger partial charge in [0.2, 0.25) is 0 Å². The van der Waals surface area contributed by atoms with Crippen LogP contribution in [0.3, 0.4) is 0 Å². The van der Waals surface area contributed by atoms with Crippen LogP contribution < -0.4 is 5.73 Å². The van der Waals surface area contributed by atoms with E-state index in [4.69, 9.17) is 19.6 Å². The summed E-state index contributed by atoms with van der Waals surface area (Å²) in [5, 5.41) is 0.716. The summed E-state index contributed by atoms with van der Waals surface area (Å²) in [6.45, 7) is 1.18. The Hall–Kier alpha value is -1.43. The maximum atomic E-state index is 13.5. The fraction of sp³-hybridized carbons (Fsp3) is 0.385. The van der Waals surface area contributed by atoms with Gasteiger partial charge < -0.3 is 19.6 Å². The Bertz CT molecular complexity index is 548. The molecule has 1 aromatic carbocycles. The highest BCUT2D eigenvalue weighted by Gasteiger charge is 2.22. The summed E-state index contributed by atoms with van der Waals surface area (Å²) < 4.78 is 29.6. The van der Waals surface area contributed by atoms with Gasteiger partial charge >= 0.3 is 0 Å². The van der Waals surface area contributed by atoms with E-state index in [2.05, 4.69) is 0 Å². The molecular weight excluding hydrogens is 237 g/mol. The third-order valence-electron chi connectivity index (χ3n) is 3.02. The van der Waals surface area contributed by atoms with Gasteiger partial charge in [-0.2, -0.15) is 0 Å². The van der Waals surface area contributed by atoms with Crippen molar-refractivity contribution in [2.24, 2.45) is 5.73 Å². The molecule has 0 saturated carbocycles. The number of rotatable bonds is 3. The van der Waals surface area contributed by atoms with Crippen LogP contribution in [0, 0.1) is 5.82 Å². The maximum Gasteiger partial charge on any atom is 0.169 e. The van der Waals surface area contributed by atoms with Gasteiger partial charge in [0, 0.05) is 11.8 Å². The van der Waals surface area contributed by atoms with Crippen LogP contribution >= 0.6 is 0 Å². The molecular formula is C13H14FNO3. The third-order valence-corrected chi connectivity index (χ3v) is 3.02. The van der Waals surface area contributed by atoms with E-state index >= 15 is 0 Å². The molecule has 1 fully saturated rings. The minimum absolute atomic E-state index is 0.246. The quantitative estimate of drug-likeness (QED) is 0.909. The number of furan rings is 1. The number of nitrogens with two attached hydrogens (primary N) is 1. The lowest BCUT2D eigenvalue weighted by atomic mass is 10.1. The van der Waals surface area contributed by atoms with E-state index < -0.39 is 0 Å². The Balaban J connectivity index is 1.82. The molecule has 0 amide bonds. The molecule has 2 aromatic rings. The summed E-state index contributed by atoms with van der Waals surface area (Å²) in [5.41, 5.74) is 6.26. The summed E-state index contributed by atoms with van der Waals surface area (Å²) in [4.78, 5) is 0. The fourth-order valence-corrected chi connectivity index (χ4v) is 2.10. The second-order valence-corrected chi connectivity index (χ2v) is 4.32. The first-order chi connectivity index (χ1) is 8.74. The van der Waals surface area contributed by atoms with Crippen LogP contribution in [0.4, 0.5) is 4.39 Å². The molecule has 1 unspecified atom stereocenters. The number of halogens is 1. The standard InChI is InChI=1S/C13H14FNO3/c14-9-3-1-2-8-6-11(18-13(8)9)10(15)7-12-16-4-5-17-12/h1-3,6,10,12H,4-5,7,15H2. The molecule has 1 saturated heterocycles. The SMILES string of the molecule is NC(CC1OCCO1)c1cc2cccc(F)c2o1. The lowest BCUT2D eigenvalue weighted by molar-refractivity contribution is -0.0517. The number of fused-ring (bicyclic) bond motifs is 1. The molecule has 1 aromatic heterocycles.